The van der Waals surface area contributed by atoms with Crippen molar-refractivity contribution < 1.29 is 8.78 Å². The van der Waals surface area contributed by atoms with Crippen LogP contribution >= 0.6 is 0 Å². The summed E-state index contributed by atoms with van der Waals surface area (Å²) in [5.41, 5.74) is 0.431. The highest BCUT2D eigenvalue weighted by Crippen LogP contribution is 2.23. The van der Waals surface area contributed by atoms with Gasteiger partial charge < -0.3 is 5.32 Å². The van der Waals surface area contributed by atoms with E-state index in [1.807, 2.05) is 27.7 Å². The minimum atomic E-state index is -0.389. The van der Waals surface area contributed by atoms with Gasteiger partial charge in [0, 0.05) is 12.1 Å². The fourth-order valence-electron chi connectivity index (χ4n) is 1.80. The van der Waals surface area contributed by atoms with Crippen LogP contribution in [0.15, 0.2) is 18.2 Å². The Morgan fingerprint density at radius 1 is 1.06 bits per heavy atom. The average molecular weight is 227 g/mol. The van der Waals surface area contributed by atoms with E-state index in [0.717, 1.165) is 6.07 Å². The van der Waals surface area contributed by atoms with Crippen molar-refractivity contribution in [2.24, 2.45) is 0 Å². The molecule has 0 saturated heterocycles. The van der Waals surface area contributed by atoms with Crippen LogP contribution in [-0.4, -0.2) is 12.1 Å². The first-order chi connectivity index (χ1) is 7.41. The average Bonchev–Trinajstić information content (AvgIpc) is 2.19. The normalized spacial score (nSPS) is 15.2. The first kappa shape index (κ1) is 13.1. The third-order valence-corrected chi connectivity index (χ3v) is 2.79. The Balaban J connectivity index is 2.86. The van der Waals surface area contributed by atoms with Gasteiger partial charge in [-0.1, -0.05) is 20.8 Å². The van der Waals surface area contributed by atoms with E-state index in [-0.39, 0.29) is 23.6 Å². The van der Waals surface area contributed by atoms with E-state index in [2.05, 4.69) is 5.32 Å². The standard InChI is InChI=1S/C13H19F2N/c1-8(2)16-10(4)9(3)12-7-11(14)5-6-13(12)15/h5-10,16H,1-4H3. The van der Waals surface area contributed by atoms with Gasteiger partial charge in [-0.05, 0) is 36.6 Å². The molecule has 0 saturated carbocycles. The van der Waals surface area contributed by atoms with E-state index < -0.39 is 0 Å². The summed E-state index contributed by atoms with van der Waals surface area (Å²) >= 11 is 0. The summed E-state index contributed by atoms with van der Waals surface area (Å²) in [6, 6.07) is 4.04. The lowest BCUT2D eigenvalue weighted by Crippen LogP contribution is -2.36. The van der Waals surface area contributed by atoms with Crippen molar-refractivity contribution in [3.05, 3.63) is 35.4 Å². The maximum absolute atomic E-state index is 13.5. The van der Waals surface area contributed by atoms with Gasteiger partial charge in [-0.2, -0.15) is 0 Å². The lowest BCUT2D eigenvalue weighted by atomic mass is 9.93. The molecule has 2 unspecified atom stereocenters. The van der Waals surface area contributed by atoms with Crippen LogP contribution in [0.5, 0.6) is 0 Å². The summed E-state index contributed by atoms with van der Waals surface area (Å²) in [6.45, 7) is 7.95. The maximum atomic E-state index is 13.5. The van der Waals surface area contributed by atoms with Crippen LogP contribution in [0.1, 0.15) is 39.2 Å². The summed E-state index contributed by atoms with van der Waals surface area (Å²) in [7, 11) is 0. The minimum Gasteiger partial charge on any atom is -0.311 e. The van der Waals surface area contributed by atoms with Crippen LogP contribution < -0.4 is 5.32 Å². The summed E-state index contributed by atoms with van der Waals surface area (Å²) in [5, 5.41) is 3.30. The first-order valence-corrected chi connectivity index (χ1v) is 5.62. The molecule has 0 aliphatic heterocycles. The van der Waals surface area contributed by atoms with Gasteiger partial charge in [0.15, 0.2) is 0 Å². The van der Waals surface area contributed by atoms with Gasteiger partial charge in [0.2, 0.25) is 0 Å². The monoisotopic (exact) mass is 227 g/mol. The second-order valence-electron chi connectivity index (χ2n) is 4.56. The second-order valence-corrected chi connectivity index (χ2v) is 4.56. The molecule has 1 rings (SSSR count). The zero-order chi connectivity index (χ0) is 12.3. The van der Waals surface area contributed by atoms with Crippen molar-refractivity contribution in [1.82, 2.24) is 5.32 Å². The van der Waals surface area contributed by atoms with Gasteiger partial charge in [-0.15, -0.1) is 0 Å². The molecule has 0 fully saturated rings. The predicted molar refractivity (Wildman–Crippen MR) is 62.5 cm³/mol. The quantitative estimate of drug-likeness (QED) is 0.830. The zero-order valence-electron chi connectivity index (χ0n) is 10.2. The van der Waals surface area contributed by atoms with E-state index in [9.17, 15) is 8.78 Å². The molecule has 1 N–H and O–H groups in total. The number of nitrogens with one attached hydrogen (secondary N) is 1. The molecule has 90 valence electrons. The van der Waals surface area contributed by atoms with E-state index in [4.69, 9.17) is 0 Å². The second kappa shape index (κ2) is 5.39. The van der Waals surface area contributed by atoms with E-state index in [1.54, 1.807) is 0 Å². The molecule has 0 aromatic heterocycles. The third-order valence-electron chi connectivity index (χ3n) is 2.79. The molecular formula is C13H19F2N. The number of hydrogen-bond donors (Lipinski definition) is 1. The van der Waals surface area contributed by atoms with E-state index >= 15 is 0 Å². The molecule has 3 heteroatoms. The van der Waals surface area contributed by atoms with Crippen LogP contribution in [0.2, 0.25) is 0 Å². The Bertz CT molecular complexity index is 350. The number of halogens is 2. The number of hydrogen-bond acceptors (Lipinski definition) is 1. The summed E-state index contributed by atoms with van der Waals surface area (Å²) in [6.07, 6.45) is 0. The molecule has 0 radical (unpaired) electrons. The van der Waals surface area contributed by atoms with E-state index in [0.29, 0.717) is 11.6 Å². The Labute approximate surface area is 95.9 Å². The van der Waals surface area contributed by atoms with Gasteiger partial charge in [-0.25, -0.2) is 8.78 Å². The fraction of sp³-hybridized carbons (Fsp3) is 0.538. The molecule has 0 bridgehead atoms. The molecule has 1 aromatic carbocycles. The van der Waals surface area contributed by atoms with Gasteiger partial charge in [0.25, 0.3) is 0 Å². The summed E-state index contributed by atoms with van der Waals surface area (Å²) < 4.78 is 26.6. The van der Waals surface area contributed by atoms with Gasteiger partial charge in [0.1, 0.15) is 11.6 Å². The number of benzene rings is 1. The lowest BCUT2D eigenvalue weighted by Gasteiger charge is -2.24. The first-order valence-electron chi connectivity index (χ1n) is 5.62. The Hall–Kier alpha value is -0.960. The smallest absolute Gasteiger partial charge is 0.126 e. The highest BCUT2D eigenvalue weighted by atomic mass is 19.1. The van der Waals surface area contributed by atoms with Crippen molar-refractivity contribution in [2.45, 2.75) is 45.7 Å². The van der Waals surface area contributed by atoms with Crippen LogP contribution in [0, 0.1) is 11.6 Å². The van der Waals surface area contributed by atoms with E-state index in [1.165, 1.54) is 12.1 Å². The molecular weight excluding hydrogens is 208 g/mol. The number of rotatable bonds is 4. The molecule has 1 aromatic rings. The summed E-state index contributed by atoms with van der Waals surface area (Å²) in [4.78, 5) is 0. The third kappa shape index (κ3) is 3.27. The van der Waals surface area contributed by atoms with Gasteiger partial charge in [0.05, 0.1) is 0 Å². The Morgan fingerprint density at radius 2 is 1.69 bits per heavy atom. The van der Waals surface area contributed by atoms with Crippen LogP contribution in [0.3, 0.4) is 0 Å². The van der Waals surface area contributed by atoms with Gasteiger partial charge >= 0.3 is 0 Å². The lowest BCUT2D eigenvalue weighted by molar-refractivity contribution is 0.428. The highest BCUT2D eigenvalue weighted by molar-refractivity contribution is 5.23. The van der Waals surface area contributed by atoms with Crippen molar-refractivity contribution >= 4 is 0 Å². The largest absolute Gasteiger partial charge is 0.311 e. The molecule has 1 nitrogen and oxygen atoms in total. The topological polar surface area (TPSA) is 12.0 Å². The fourth-order valence-corrected chi connectivity index (χ4v) is 1.80. The Kier molecular flexibility index (Phi) is 4.42. The summed E-state index contributed by atoms with van der Waals surface area (Å²) in [5.74, 6) is -0.788. The van der Waals surface area contributed by atoms with Crippen LogP contribution in [-0.2, 0) is 0 Å². The van der Waals surface area contributed by atoms with Crippen molar-refractivity contribution in [3.63, 3.8) is 0 Å². The van der Waals surface area contributed by atoms with Crippen molar-refractivity contribution in [2.75, 3.05) is 0 Å². The molecule has 0 aliphatic rings. The van der Waals surface area contributed by atoms with Crippen molar-refractivity contribution in [3.8, 4) is 0 Å². The highest BCUT2D eigenvalue weighted by Gasteiger charge is 2.18. The van der Waals surface area contributed by atoms with Crippen molar-refractivity contribution in [1.29, 1.82) is 0 Å². The molecule has 2 atom stereocenters. The molecule has 0 amide bonds. The Morgan fingerprint density at radius 3 is 2.25 bits per heavy atom. The SMILES string of the molecule is CC(C)NC(C)C(C)c1cc(F)ccc1F. The molecule has 0 aliphatic carbocycles. The van der Waals surface area contributed by atoms with Gasteiger partial charge in [-0.3, -0.25) is 0 Å². The molecule has 0 heterocycles. The maximum Gasteiger partial charge on any atom is 0.126 e. The minimum absolute atomic E-state index is 0.0573. The van der Waals surface area contributed by atoms with Crippen LogP contribution in [0.25, 0.3) is 0 Å². The molecule has 0 spiro atoms. The predicted octanol–water partition coefficient (Wildman–Crippen LogP) is 3.45. The zero-order valence-corrected chi connectivity index (χ0v) is 10.2. The molecule has 16 heavy (non-hydrogen) atoms. The van der Waals surface area contributed by atoms with Crippen LogP contribution in [0.4, 0.5) is 8.78 Å².